The Bertz CT molecular complexity index is 943. The molecule has 0 radical (unpaired) electrons. The monoisotopic (exact) mass is 362 g/mol. The molecular weight excluding hydrogens is 340 g/mol. The maximum absolute atomic E-state index is 3.36. The minimum atomic E-state index is 0. The number of unbranched alkanes of at least 4 members (excludes halogenated alkanes) is 1. The van der Waals surface area contributed by atoms with Gasteiger partial charge in [-0.25, -0.2) is 4.57 Å². The van der Waals surface area contributed by atoms with Gasteiger partial charge in [0.2, 0.25) is 0 Å². The number of para-hydroxylation sites is 1. The molecular formula is C23H23ClN2. The lowest BCUT2D eigenvalue weighted by Gasteiger charge is -2.02. The SMILES string of the molecule is [Cl-].c1ccc(-c2cc[n+](CCCCc3c[nH]c4ccccc34)cc2)cc1. The fraction of sp³-hybridized carbons (Fsp3) is 0.174. The van der Waals surface area contributed by atoms with Gasteiger partial charge in [-0.1, -0.05) is 48.5 Å². The normalized spacial score (nSPS) is 10.6. The van der Waals surface area contributed by atoms with E-state index in [2.05, 4.69) is 94.9 Å². The van der Waals surface area contributed by atoms with Gasteiger partial charge >= 0.3 is 0 Å². The van der Waals surface area contributed by atoms with Crippen molar-refractivity contribution in [3.05, 3.63) is 90.9 Å². The van der Waals surface area contributed by atoms with Crippen LogP contribution in [0.25, 0.3) is 22.0 Å². The summed E-state index contributed by atoms with van der Waals surface area (Å²) in [5, 5.41) is 1.36. The highest BCUT2D eigenvalue weighted by Gasteiger charge is 2.05. The Morgan fingerprint density at radius 2 is 1.42 bits per heavy atom. The third-order valence-electron chi connectivity index (χ3n) is 4.79. The van der Waals surface area contributed by atoms with E-state index in [1.807, 2.05) is 0 Å². The minimum absolute atomic E-state index is 0. The molecule has 4 rings (SSSR count). The molecule has 132 valence electrons. The molecule has 26 heavy (non-hydrogen) atoms. The molecule has 1 N–H and O–H groups in total. The van der Waals surface area contributed by atoms with Crippen LogP contribution in [0.2, 0.25) is 0 Å². The molecule has 2 nitrogen and oxygen atoms in total. The molecule has 0 bridgehead atoms. The van der Waals surface area contributed by atoms with Crippen molar-refractivity contribution in [2.24, 2.45) is 0 Å². The molecule has 0 unspecified atom stereocenters. The number of nitrogens with one attached hydrogen (secondary N) is 1. The zero-order chi connectivity index (χ0) is 16.9. The van der Waals surface area contributed by atoms with Crippen LogP contribution < -0.4 is 17.0 Å². The number of nitrogens with zero attached hydrogens (tertiary/aromatic N) is 1. The van der Waals surface area contributed by atoms with E-state index in [1.54, 1.807) is 0 Å². The predicted octanol–water partition coefficient (Wildman–Crippen LogP) is 2.15. The lowest BCUT2D eigenvalue weighted by molar-refractivity contribution is -0.697. The number of pyridine rings is 1. The molecule has 2 aromatic heterocycles. The lowest BCUT2D eigenvalue weighted by Crippen LogP contribution is -3.00. The van der Waals surface area contributed by atoms with Gasteiger partial charge < -0.3 is 17.4 Å². The molecule has 0 amide bonds. The first kappa shape index (κ1) is 18.2. The molecule has 4 aromatic rings. The summed E-state index contributed by atoms with van der Waals surface area (Å²) in [5.41, 5.74) is 5.22. The van der Waals surface area contributed by atoms with Crippen LogP contribution >= 0.6 is 0 Å². The van der Waals surface area contributed by atoms with Crippen LogP contribution in [-0.2, 0) is 13.0 Å². The van der Waals surface area contributed by atoms with Crippen LogP contribution in [0.3, 0.4) is 0 Å². The number of benzene rings is 2. The number of halogens is 1. The molecule has 2 heterocycles. The molecule has 0 fully saturated rings. The van der Waals surface area contributed by atoms with Crippen molar-refractivity contribution >= 4 is 10.9 Å². The third-order valence-corrected chi connectivity index (χ3v) is 4.79. The highest BCUT2D eigenvalue weighted by Crippen LogP contribution is 2.19. The summed E-state index contributed by atoms with van der Waals surface area (Å²) in [4.78, 5) is 3.36. The molecule has 0 aliphatic heterocycles. The van der Waals surface area contributed by atoms with Gasteiger partial charge in [0.15, 0.2) is 12.4 Å². The molecule has 0 saturated carbocycles. The smallest absolute Gasteiger partial charge is 0.169 e. The van der Waals surface area contributed by atoms with Crippen LogP contribution in [0.15, 0.2) is 85.3 Å². The molecule has 0 aliphatic carbocycles. The highest BCUT2D eigenvalue weighted by molar-refractivity contribution is 5.82. The first-order valence-corrected chi connectivity index (χ1v) is 9.00. The fourth-order valence-electron chi connectivity index (χ4n) is 3.38. The van der Waals surface area contributed by atoms with Crippen molar-refractivity contribution in [3.8, 4) is 11.1 Å². The van der Waals surface area contributed by atoms with Crippen LogP contribution in [0.5, 0.6) is 0 Å². The van der Waals surface area contributed by atoms with Gasteiger partial charge in [0.1, 0.15) is 6.54 Å². The van der Waals surface area contributed by atoms with Crippen LogP contribution in [0, 0.1) is 0 Å². The molecule has 0 spiro atoms. The summed E-state index contributed by atoms with van der Waals surface area (Å²) in [6.45, 7) is 1.07. The van der Waals surface area contributed by atoms with Gasteiger partial charge in [-0.3, -0.25) is 0 Å². The van der Waals surface area contributed by atoms with E-state index in [9.17, 15) is 0 Å². The van der Waals surface area contributed by atoms with E-state index in [-0.39, 0.29) is 12.4 Å². The Morgan fingerprint density at radius 1 is 0.731 bits per heavy atom. The van der Waals surface area contributed by atoms with E-state index in [0.29, 0.717) is 0 Å². The summed E-state index contributed by atoms with van der Waals surface area (Å²) >= 11 is 0. The van der Waals surface area contributed by atoms with Crippen molar-refractivity contribution in [3.63, 3.8) is 0 Å². The fourth-order valence-corrected chi connectivity index (χ4v) is 3.38. The summed E-state index contributed by atoms with van der Waals surface area (Å²) < 4.78 is 2.28. The molecule has 0 saturated heterocycles. The number of hydrogen-bond donors (Lipinski definition) is 1. The van der Waals surface area contributed by atoms with Crippen molar-refractivity contribution in [1.82, 2.24) is 4.98 Å². The number of aryl methyl sites for hydroxylation is 2. The quantitative estimate of drug-likeness (QED) is 0.400. The topological polar surface area (TPSA) is 19.7 Å². The number of H-pyrrole nitrogens is 1. The Hall–Kier alpha value is -2.58. The second kappa shape index (κ2) is 8.68. The minimum Gasteiger partial charge on any atom is -1.00 e. The summed E-state index contributed by atoms with van der Waals surface area (Å²) in [6, 6.07) is 23.5. The predicted molar refractivity (Wildman–Crippen MR) is 103 cm³/mol. The first-order chi connectivity index (χ1) is 12.4. The van der Waals surface area contributed by atoms with Gasteiger partial charge in [-0.2, -0.15) is 0 Å². The zero-order valence-corrected chi connectivity index (χ0v) is 15.5. The van der Waals surface area contributed by atoms with Crippen molar-refractivity contribution in [2.75, 3.05) is 0 Å². The van der Waals surface area contributed by atoms with Crippen LogP contribution in [0.4, 0.5) is 0 Å². The number of aromatic nitrogens is 2. The van der Waals surface area contributed by atoms with Gasteiger partial charge in [-0.05, 0) is 35.6 Å². The van der Waals surface area contributed by atoms with Crippen molar-refractivity contribution < 1.29 is 17.0 Å². The summed E-state index contributed by atoms with van der Waals surface area (Å²) in [5.74, 6) is 0. The van der Waals surface area contributed by atoms with Gasteiger partial charge in [0.05, 0.1) is 0 Å². The first-order valence-electron chi connectivity index (χ1n) is 9.00. The molecule has 0 aliphatic rings. The highest BCUT2D eigenvalue weighted by atomic mass is 35.5. The average Bonchev–Trinajstić information content (AvgIpc) is 3.10. The second-order valence-corrected chi connectivity index (χ2v) is 6.51. The maximum Gasteiger partial charge on any atom is 0.169 e. The van der Waals surface area contributed by atoms with E-state index < -0.39 is 0 Å². The van der Waals surface area contributed by atoms with E-state index in [1.165, 1.54) is 40.4 Å². The van der Waals surface area contributed by atoms with Gasteiger partial charge in [-0.15, -0.1) is 0 Å². The second-order valence-electron chi connectivity index (χ2n) is 6.51. The number of fused-ring (bicyclic) bond motifs is 1. The van der Waals surface area contributed by atoms with E-state index >= 15 is 0 Å². The number of hydrogen-bond acceptors (Lipinski definition) is 0. The molecule has 3 heteroatoms. The Kier molecular flexibility index (Phi) is 6.08. The van der Waals surface area contributed by atoms with Crippen LogP contribution in [-0.4, -0.2) is 4.98 Å². The third kappa shape index (κ3) is 4.14. The van der Waals surface area contributed by atoms with Crippen molar-refractivity contribution in [1.29, 1.82) is 0 Å². The van der Waals surface area contributed by atoms with Crippen LogP contribution in [0.1, 0.15) is 18.4 Å². The Balaban J connectivity index is 0.00000196. The largest absolute Gasteiger partial charge is 1.00 e. The van der Waals surface area contributed by atoms with Gasteiger partial charge in [0.25, 0.3) is 0 Å². The number of rotatable bonds is 6. The average molecular weight is 363 g/mol. The molecule has 0 atom stereocenters. The van der Waals surface area contributed by atoms with Gasteiger partial charge in [0, 0.05) is 35.7 Å². The lowest BCUT2D eigenvalue weighted by atomic mass is 10.1. The van der Waals surface area contributed by atoms with E-state index in [0.717, 1.165) is 13.0 Å². The standard InChI is InChI=1S/C23H23N2.ClH/c1-2-8-19(9-3-1)20-13-16-25(17-14-20)15-7-6-10-21-18-24-23-12-5-4-11-22(21)23;/h1-5,8-9,11-14,16-18,24H,6-7,10,15H2;1H/q+1;/p-1. The Labute approximate surface area is 160 Å². The summed E-state index contributed by atoms with van der Waals surface area (Å²) in [7, 11) is 0. The Morgan fingerprint density at radius 3 is 2.23 bits per heavy atom. The number of aromatic amines is 1. The maximum atomic E-state index is 3.36. The zero-order valence-electron chi connectivity index (χ0n) is 14.7. The van der Waals surface area contributed by atoms with Crippen molar-refractivity contribution in [2.45, 2.75) is 25.8 Å². The van der Waals surface area contributed by atoms with E-state index in [4.69, 9.17) is 0 Å². The molecule has 2 aromatic carbocycles. The summed E-state index contributed by atoms with van der Waals surface area (Å²) in [6.07, 6.45) is 10.1.